The van der Waals surface area contributed by atoms with Crippen molar-refractivity contribution in [2.45, 2.75) is 63.7 Å². The van der Waals surface area contributed by atoms with E-state index in [9.17, 15) is 4.79 Å². The predicted octanol–water partition coefficient (Wildman–Crippen LogP) is 3.83. The van der Waals surface area contributed by atoms with E-state index in [1.165, 1.54) is 31.4 Å². The fourth-order valence-electron chi connectivity index (χ4n) is 5.81. The van der Waals surface area contributed by atoms with Crippen LogP contribution in [-0.2, 0) is 17.8 Å². The van der Waals surface area contributed by atoms with Gasteiger partial charge in [-0.05, 0) is 87.1 Å². The van der Waals surface area contributed by atoms with E-state index in [0.717, 1.165) is 61.1 Å². The van der Waals surface area contributed by atoms with Crippen molar-refractivity contribution < 1.29 is 14.3 Å². The lowest BCUT2D eigenvalue weighted by Gasteiger charge is -2.33. The van der Waals surface area contributed by atoms with Crippen LogP contribution in [0.5, 0.6) is 11.5 Å². The zero-order valence-corrected chi connectivity index (χ0v) is 22.5. The number of hydrogen-bond acceptors (Lipinski definition) is 6. The lowest BCUT2D eigenvalue weighted by atomic mass is 10.0. The third kappa shape index (κ3) is 6.96. The molecule has 0 aromatic heterocycles. The first-order valence-corrected chi connectivity index (χ1v) is 14.1. The third-order valence-corrected chi connectivity index (χ3v) is 8.01. The summed E-state index contributed by atoms with van der Waals surface area (Å²) in [4.78, 5) is 18.3. The maximum Gasteiger partial charge on any atom is 0.237 e. The van der Waals surface area contributed by atoms with Gasteiger partial charge in [0.15, 0.2) is 11.5 Å². The number of rotatable bonds is 10. The topological polar surface area (TPSA) is 66.1 Å². The molecule has 37 heavy (non-hydrogen) atoms. The summed E-state index contributed by atoms with van der Waals surface area (Å²) in [6, 6.07) is 14.6. The summed E-state index contributed by atoms with van der Waals surface area (Å²) in [5.74, 6) is 1.67. The molecule has 2 atom stereocenters. The SMILES string of the molecule is CCCN1CCC(N[C@H]2C[C@@H](C(=O)NCCc3ccc4c(c3)OCO4)N(Cc3ccc(Cl)cc3)C2)CC1. The highest BCUT2D eigenvalue weighted by Gasteiger charge is 2.37. The Morgan fingerprint density at radius 1 is 1.03 bits per heavy atom. The highest BCUT2D eigenvalue weighted by Crippen LogP contribution is 2.32. The van der Waals surface area contributed by atoms with Crippen LogP contribution in [0.4, 0.5) is 0 Å². The molecule has 8 heteroatoms. The van der Waals surface area contributed by atoms with E-state index in [2.05, 4.69) is 39.5 Å². The van der Waals surface area contributed by atoms with E-state index in [1.54, 1.807) is 0 Å². The van der Waals surface area contributed by atoms with Gasteiger partial charge in [-0.3, -0.25) is 9.69 Å². The van der Waals surface area contributed by atoms with Crippen molar-refractivity contribution in [3.63, 3.8) is 0 Å². The molecule has 3 heterocycles. The molecular weight excluding hydrogens is 488 g/mol. The number of hydrogen-bond donors (Lipinski definition) is 2. The van der Waals surface area contributed by atoms with Gasteiger partial charge in [0.05, 0.1) is 6.04 Å². The molecule has 0 unspecified atom stereocenters. The summed E-state index contributed by atoms with van der Waals surface area (Å²) in [7, 11) is 0. The molecule has 2 fully saturated rings. The summed E-state index contributed by atoms with van der Waals surface area (Å²) in [6.45, 7) is 8.25. The number of piperidine rings is 1. The normalized spacial score (nSPS) is 22.4. The number of carbonyl (C=O) groups is 1. The molecule has 3 aliphatic rings. The average Bonchev–Trinajstić information content (AvgIpc) is 3.53. The molecule has 3 aliphatic heterocycles. The van der Waals surface area contributed by atoms with Crippen molar-refractivity contribution >= 4 is 17.5 Å². The fourth-order valence-corrected chi connectivity index (χ4v) is 5.94. The zero-order chi connectivity index (χ0) is 25.6. The fraction of sp³-hybridized carbons (Fsp3) is 0.552. The second kappa shape index (κ2) is 12.5. The van der Waals surface area contributed by atoms with Crippen LogP contribution in [0.3, 0.4) is 0 Å². The Morgan fingerprint density at radius 3 is 2.57 bits per heavy atom. The van der Waals surface area contributed by atoms with E-state index in [-0.39, 0.29) is 18.7 Å². The maximum absolute atomic E-state index is 13.4. The van der Waals surface area contributed by atoms with E-state index in [0.29, 0.717) is 18.6 Å². The van der Waals surface area contributed by atoms with E-state index in [1.807, 2.05) is 30.3 Å². The summed E-state index contributed by atoms with van der Waals surface area (Å²) >= 11 is 6.10. The van der Waals surface area contributed by atoms with Gasteiger partial charge in [-0.15, -0.1) is 0 Å². The maximum atomic E-state index is 13.4. The van der Waals surface area contributed by atoms with Crippen molar-refractivity contribution in [2.24, 2.45) is 0 Å². The summed E-state index contributed by atoms with van der Waals surface area (Å²) < 4.78 is 10.9. The van der Waals surface area contributed by atoms with Gasteiger partial charge in [0, 0.05) is 36.7 Å². The molecule has 5 rings (SSSR count). The molecule has 0 saturated carbocycles. The second-order valence-corrected chi connectivity index (χ2v) is 11.0. The molecule has 0 bridgehead atoms. The molecule has 200 valence electrons. The van der Waals surface area contributed by atoms with Crippen LogP contribution < -0.4 is 20.1 Å². The quantitative estimate of drug-likeness (QED) is 0.490. The number of carbonyl (C=O) groups excluding carboxylic acids is 1. The number of fused-ring (bicyclic) bond motifs is 1. The number of nitrogens with one attached hydrogen (secondary N) is 2. The van der Waals surface area contributed by atoms with Gasteiger partial charge in [-0.1, -0.05) is 36.7 Å². The van der Waals surface area contributed by atoms with E-state index in [4.69, 9.17) is 21.1 Å². The molecule has 2 saturated heterocycles. The molecule has 0 aliphatic carbocycles. The van der Waals surface area contributed by atoms with Crippen LogP contribution >= 0.6 is 11.6 Å². The van der Waals surface area contributed by atoms with Crippen molar-refractivity contribution in [3.8, 4) is 11.5 Å². The predicted molar refractivity (Wildman–Crippen MR) is 146 cm³/mol. The minimum atomic E-state index is -0.148. The number of benzene rings is 2. The van der Waals surface area contributed by atoms with Crippen molar-refractivity contribution in [1.29, 1.82) is 0 Å². The van der Waals surface area contributed by atoms with Crippen LogP contribution in [-0.4, -0.2) is 73.3 Å². The number of nitrogens with zero attached hydrogens (tertiary/aromatic N) is 2. The van der Waals surface area contributed by atoms with Gasteiger partial charge in [0.2, 0.25) is 12.7 Å². The number of likely N-dealkylation sites (tertiary alicyclic amines) is 2. The van der Waals surface area contributed by atoms with Gasteiger partial charge in [0.25, 0.3) is 0 Å². The molecule has 0 radical (unpaired) electrons. The third-order valence-electron chi connectivity index (χ3n) is 7.75. The first-order chi connectivity index (χ1) is 18.1. The second-order valence-electron chi connectivity index (χ2n) is 10.5. The van der Waals surface area contributed by atoms with Crippen LogP contribution in [0.15, 0.2) is 42.5 Å². The van der Waals surface area contributed by atoms with Gasteiger partial charge in [-0.2, -0.15) is 0 Å². The van der Waals surface area contributed by atoms with Crippen molar-refractivity contribution in [3.05, 3.63) is 58.6 Å². The lowest BCUT2D eigenvalue weighted by Crippen LogP contribution is -2.47. The number of ether oxygens (including phenoxy) is 2. The Labute approximate surface area is 225 Å². The summed E-state index contributed by atoms with van der Waals surface area (Å²) in [6.07, 6.45) is 5.16. The molecule has 7 nitrogen and oxygen atoms in total. The molecular formula is C29H39ClN4O3. The first kappa shape index (κ1) is 26.3. The highest BCUT2D eigenvalue weighted by molar-refractivity contribution is 6.30. The highest BCUT2D eigenvalue weighted by atomic mass is 35.5. The Bertz CT molecular complexity index is 1040. The molecule has 0 spiro atoms. The molecule has 2 N–H and O–H groups in total. The molecule has 2 aromatic rings. The first-order valence-electron chi connectivity index (χ1n) is 13.7. The number of halogens is 1. The standard InChI is InChI=1S/C29H39ClN4O3/c1-2-13-33-14-10-24(11-15-33)32-25-17-26(34(19-25)18-22-3-6-23(30)7-4-22)29(35)31-12-9-21-5-8-27-28(16-21)37-20-36-27/h3-8,16,24-26,32H,2,9-15,17-20H2,1H3,(H,31,35)/t25-,26-/m0/s1. The zero-order valence-electron chi connectivity index (χ0n) is 21.8. The van der Waals surface area contributed by atoms with Gasteiger partial charge in [-0.25, -0.2) is 0 Å². The summed E-state index contributed by atoms with van der Waals surface area (Å²) in [5, 5.41) is 7.84. The molecule has 1 amide bonds. The van der Waals surface area contributed by atoms with E-state index < -0.39 is 0 Å². The summed E-state index contributed by atoms with van der Waals surface area (Å²) in [5.41, 5.74) is 2.30. The van der Waals surface area contributed by atoms with Crippen molar-refractivity contribution in [2.75, 3.05) is 39.5 Å². The largest absolute Gasteiger partial charge is 0.454 e. The molecule has 2 aromatic carbocycles. The Kier molecular flexibility index (Phi) is 8.87. The number of amides is 1. The van der Waals surface area contributed by atoms with Crippen molar-refractivity contribution in [1.82, 2.24) is 20.4 Å². The monoisotopic (exact) mass is 526 g/mol. The smallest absolute Gasteiger partial charge is 0.237 e. The van der Waals surface area contributed by atoms with Crippen LogP contribution in [0.2, 0.25) is 5.02 Å². The van der Waals surface area contributed by atoms with Crippen LogP contribution in [0.25, 0.3) is 0 Å². The Morgan fingerprint density at radius 2 is 1.78 bits per heavy atom. The Balaban J connectivity index is 1.17. The van der Waals surface area contributed by atoms with Crippen LogP contribution in [0.1, 0.15) is 43.7 Å². The van der Waals surface area contributed by atoms with E-state index >= 15 is 0 Å². The van der Waals surface area contributed by atoms with Gasteiger partial charge < -0.3 is 25.0 Å². The van der Waals surface area contributed by atoms with Gasteiger partial charge in [0.1, 0.15) is 0 Å². The minimum Gasteiger partial charge on any atom is -0.454 e. The minimum absolute atomic E-state index is 0.108. The Hall–Kier alpha value is -2.32. The lowest BCUT2D eigenvalue weighted by molar-refractivity contribution is -0.125. The van der Waals surface area contributed by atoms with Crippen LogP contribution in [0, 0.1) is 0 Å². The van der Waals surface area contributed by atoms with Gasteiger partial charge >= 0.3 is 0 Å². The average molecular weight is 527 g/mol.